The van der Waals surface area contributed by atoms with E-state index in [0.29, 0.717) is 6.42 Å². The molecule has 0 amide bonds. The van der Waals surface area contributed by atoms with Crippen molar-refractivity contribution in [1.29, 1.82) is 5.41 Å². The fourth-order valence-electron chi connectivity index (χ4n) is 0.537. The van der Waals surface area contributed by atoms with Crippen molar-refractivity contribution in [3.63, 3.8) is 0 Å². The molecule has 0 spiro atoms. The zero-order valence-corrected chi connectivity index (χ0v) is 4.42. The van der Waals surface area contributed by atoms with Gasteiger partial charge in [0.1, 0.15) is 12.3 Å². The molecular formula is C4H9N3O. The van der Waals surface area contributed by atoms with Crippen LogP contribution >= 0.6 is 0 Å². The van der Waals surface area contributed by atoms with Crippen molar-refractivity contribution in [2.24, 2.45) is 11.5 Å². The maximum atomic E-state index is 6.80. The molecule has 0 aromatic carbocycles. The Bertz CT molecular complexity index is 114. The SMILES string of the molecule is N=C(N)CC1OC1N. The number of rotatable bonds is 2. The molecule has 1 aliphatic rings. The van der Waals surface area contributed by atoms with Crippen LogP contribution in [0.25, 0.3) is 0 Å². The van der Waals surface area contributed by atoms with E-state index >= 15 is 0 Å². The normalized spacial score (nSPS) is 34.6. The summed E-state index contributed by atoms with van der Waals surface area (Å²) >= 11 is 0. The van der Waals surface area contributed by atoms with Crippen molar-refractivity contribution in [3.05, 3.63) is 0 Å². The maximum Gasteiger partial charge on any atom is 0.133 e. The topological polar surface area (TPSA) is 88.4 Å². The molecule has 1 rings (SSSR count). The summed E-state index contributed by atoms with van der Waals surface area (Å²) in [5.74, 6) is 0.142. The molecule has 5 N–H and O–H groups in total. The van der Waals surface area contributed by atoms with Gasteiger partial charge in [-0.15, -0.1) is 0 Å². The molecule has 1 heterocycles. The lowest BCUT2D eigenvalue weighted by molar-refractivity contribution is 0.376. The predicted octanol–water partition coefficient (Wildman–Crippen LogP) is -1.00. The first-order chi connectivity index (χ1) is 3.70. The first-order valence-corrected chi connectivity index (χ1v) is 2.44. The Morgan fingerprint density at radius 3 is 2.38 bits per heavy atom. The summed E-state index contributed by atoms with van der Waals surface area (Å²) < 4.78 is 4.78. The molecule has 0 radical (unpaired) electrons. The average molecular weight is 115 g/mol. The van der Waals surface area contributed by atoms with Gasteiger partial charge in [-0.2, -0.15) is 0 Å². The Kier molecular flexibility index (Phi) is 1.19. The lowest BCUT2D eigenvalue weighted by atomic mass is 10.3. The number of amidine groups is 1. The highest BCUT2D eigenvalue weighted by molar-refractivity contribution is 5.77. The zero-order valence-electron chi connectivity index (χ0n) is 4.42. The molecule has 4 heteroatoms. The third-order valence-corrected chi connectivity index (χ3v) is 1.04. The summed E-state index contributed by atoms with van der Waals surface area (Å²) in [6, 6.07) is 0. The lowest BCUT2D eigenvalue weighted by Gasteiger charge is -1.87. The second-order valence-electron chi connectivity index (χ2n) is 1.87. The second kappa shape index (κ2) is 1.72. The van der Waals surface area contributed by atoms with E-state index in [-0.39, 0.29) is 18.2 Å². The fourth-order valence-corrected chi connectivity index (χ4v) is 0.537. The summed E-state index contributed by atoms with van der Waals surface area (Å²) in [4.78, 5) is 0. The minimum atomic E-state index is -0.168. The van der Waals surface area contributed by atoms with Gasteiger partial charge in [0.2, 0.25) is 0 Å². The first-order valence-electron chi connectivity index (χ1n) is 2.44. The highest BCUT2D eigenvalue weighted by atomic mass is 16.6. The van der Waals surface area contributed by atoms with Crippen molar-refractivity contribution in [2.75, 3.05) is 0 Å². The van der Waals surface area contributed by atoms with E-state index < -0.39 is 0 Å². The molecule has 1 fully saturated rings. The van der Waals surface area contributed by atoms with Crippen molar-refractivity contribution >= 4 is 5.84 Å². The molecule has 2 atom stereocenters. The van der Waals surface area contributed by atoms with E-state index in [1.807, 2.05) is 0 Å². The number of nitrogens with one attached hydrogen (secondary N) is 1. The van der Waals surface area contributed by atoms with E-state index in [4.69, 9.17) is 21.6 Å². The third kappa shape index (κ3) is 1.18. The van der Waals surface area contributed by atoms with Gasteiger partial charge in [-0.05, 0) is 0 Å². The quantitative estimate of drug-likeness (QED) is 0.245. The fraction of sp³-hybridized carbons (Fsp3) is 0.750. The van der Waals surface area contributed by atoms with Crippen LogP contribution in [-0.4, -0.2) is 18.2 Å². The lowest BCUT2D eigenvalue weighted by Crippen LogP contribution is -2.15. The monoisotopic (exact) mass is 115 g/mol. The molecular weight excluding hydrogens is 106 g/mol. The van der Waals surface area contributed by atoms with Crippen LogP contribution < -0.4 is 11.5 Å². The number of ether oxygens (including phenoxy) is 1. The van der Waals surface area contributed by atoms with Gasteiger partial charge in [-0.25, -0.2) is 0 Å². The maximum absolute atomic E-state index is 6.80. The van der Waals surface area contributed by atoms with Crippen LogP contribution in [0.4, 0.5) is 0 Å². The van der Waals surface area contributed by atoms with Crippen molar-refractivity contribution in [2.45, 2.75) is 18.8 Å². The summed E-state index contributed by atoms with van der Waals surface area (Å²) in [6.45, 7) is 0. The molecule has 1 aliphatic heterocycles. The van der Waals surface area contributed by atoms with Crippen LogP contribution in [0.1, 0.15) is 6.42 Å². The summed E-state index contributed by atoms with van der Waals surface area (Å²) in [5.41, 5.74) is 10.3. The van der Waals surface area contributed by atoms with Gasteiger partial charge in [0.15, 0.2) is 0 Å². The standard InChI is InChI=1S/C4H9N3O/c5-3(6)1-2-4(7)8-2/h2,4H,1,7H2,(H3,5,6). The third-order valence-electron chi connectivity index (χ3n) is 1.04. The molecule has 46 valence electrons. The van der Waals surface area contributed by atoms with Gasteiger partial charge in [-0.3, -0.25) is 5.41 Å². The van der Waals surface area contributed by atoms with Gasteiger partial charge in [0.25, 0.3) is 0 Å². The van der Waals surface area contributed by atoms with Gasteiger partial charge >= 0.3 is 0 Å². The van der Waals surface area contributed by atoms with Crippen LogP contribution in [0.5, 0.6) is 0 Å². The number of hydrogen-bond acceptors (Lipinski definition) is 3. The second-order valence-corrected chi connectivity index (χ2v) is 1.87. The largest absolute Gasteiger partial charge is 0.388 e. The summed E-state index contributed by atoms with van der Waals surface area (Å²) in [5, 5.41) is 6.80. The minimum Gasteiger partial charge on any atom is -0.388 e. The van der Waals surface area contributed by atoms with E-state index in [2.05, 4.69) is 0 Å². The van der Waals surface area contributed by atoms with Gasteiger partial charge in [0, 0.05) is 6.42 Å². The van der Waals surface area contributed by atoms with E-state index in [9.17, 15) is 0 Å². The highest BCUT2D eigenvalue weighted by Gasteiger charge is 2.35. The minimum absolute atomic E-state index is 0.0208. The number of nitrogens with two attached hydrogens (primary N) is 2. The van der Waals surface area contributed by atoms with Gasteiger partial charge < -0.3 is 16.2 Å². The van der Waals surface area contributed by atoms with E-state index in [1.165, 1.54) is 0 Å². The van der Waals surface area contributed by atoms with Crippen molar-refractivity contribution in [3.8, 4) is 0 Å². The van der Waals surface area contributed by atoms with Gasteiger partial charge in [0.05, 0.1) is 5.84 Å². The van der Waals surface area contributed by atoms with Crippen LogP contribution in [0.2, 0.25) is 0 Å². The Labute approximate surface area is 47.3 Å². The van der Waals surface area contributed by atoms with Crippen molar-refractivity contribution < 1.29 is 4.74 Å². The smallest absolute Gasteiger partial charge is 0.133 e. The number of epoxide rings is 1. The van der Waals surface area contributed by atoms with Gasteiger partial charge in [-0.1, -0.05) is 0 Å². The molecule has 0 bridgehead atoms. The Balaban J connectivity index is 2.14. The van der Waals surface area contributed by atoms with Crippen LogP contribution in [0, 0.1) is 5.41 Å². The Hall–Kier alpha value is -0.610. The zero-order chi connectivity index (χ0) is 6.15. The molecule has 2 unspecified atom stereocenters. The molecule has 0 aromatic heterocycles. The Morgan fingerprint density at radius 2 is 2.25 bits per heavy atom. The van der Waals surface area contributed by atoms with Crippen LogP contribution in [0.15, 0.2) is 0 Å². The van der Waals surface area contributed by atoms with Crippen LogP contribution in [-0.2, 0) is 4.74 Å². The predicted molar refractivity (Wildman–Crippen MR) is 29.4 cm³/mol. The van der Waals surface area contributed by atoms with E-state index in [0.717, 1.165) is 0 Å². The molecule has 0 aromatic rings. The molecule has 0 aliphatic carbocycles. The molecule has 1 saturated heterocycles. The Morgan fingerprint density at radius 1 is 1.75 bits per heavy atom. The molecule has 8 heavy (non-hydrogen) atoms. The average Bonchev–Trinajstić information content (AvgIpc) is 2.17. The summed E-state index contributed by atoms with van der Waals surface area (Å²) in [7, 11) is 0. The first kappa shape index (κ1) is 5.53. The van der Waals surface area contributed by atoms with Crippen molar-refractivity contribution in [1.82, 2.24) is 0 Å². The highest BCUT2D eigenvalue weighted by Crippen LogP contribution is 2.18. The van der Waals surface area contributed by atoms with E-state index in [1.54, 1.807) is 0 Å². The number of hydrogen-bond donors (Lipinski definition) is 3. The van der Waals surface area contributed by atoms with Crippen LogP contribution in [0.3, 0.4) is 0 Å². The summed E-state index contributed by atoms with van der Waals surface area (Å²) in [6.07, 6.45) is 0.327. The molecule has 0 saturated carbocycles. The molecule has 4 nitrogen and oxygen atoms in total.